The number of halogens is 2. The van der Waals surface area contributed by atoms with Crippen molar-refractivity contribution < 1.29 is 18.7 Å². The Labute approximate surface area is 170 Å². The standard InChI is InChI=1S/C23H28F2N2O2/c1-16(2)14-21(28)23(29)27-12-10-26(11-13-27)18-7-5-6-17(15-18)19-8-3-4-9-20(19)22(24)25/h3-9,15-16,21-22,28H,10-14H2,1-2H3/t21-/m1/s1. The molecule has 6 heteroatoms. The smallest absolute Gasteiger partial charge is 0.264 e. The second-order valence-corrected chi connectivity index (χ2v) is 7.90. The van der Waals surface area contributed by atoms with Crippen LogP contribution in [-0.2, 0) is 4.79 Å². The van der Waals surface area contributed by atoms with Gasteiger partial charge in [0.2, 0.25) is 0 Å². The first-order valence-corrected chi connectivity index (χ1v) is 10.1. The summed E-state index contributed by atoms with van der Waals surface area (Å²) in [6.07, 6.45) is -3.01. The molecule has 0 radical (unpaired) electrons. The zero-order chi connectivity index (χ0) is 21.0. The first kappa shape index (κ1) is 21.2. The number of hydrogen-bond donors (Lipinski definition) is 1. The van der Waals surface area contributed by atoms with Crippen molar-refractivity contribution in [1.82, 2.24) is 4.90 Å². The van der Waals surface area contributed by atoms with Crippen molar-refractivity contribution in [1.29, 1.82) is 0 Å². The van der Waals surface area contributed by atoms with Crippen LogP contribution in [0.3, 0.4) is 0 Å². The normalized spacial score (nSPS) is 15.8. The van der Waals surface area contributed by atoms with E-state index in [0.717, 1.165) is 11.3 Å². The van der Waals surface area contributed by atoms with E-state index in [4.69, 9.17) is 0 Å². The van der Waals surface area contributed by atoms with Crippen molar-refractivity contribution in [3.8, 4) is 11.1 Å². The molecule has 0 saturated carbocycles. The van der Waals surface area contributed by atoms with E-state index in [2.05, 4.69) is 4.90 Å². The van der Waals surface area contributed by atoms with Crippen LogP contribution in [0.5, 0.6) is 0 Å². The zero-order valence-electron chi connectivity index (χ0n) is 16.9. The lowest BCUT2D eigenvalue weighted by molar-refractivity contribution is -0.141. The number of aliphatic hydroxyl groups is 1. The Balaban J connectivity index is 1.70. The van der Waals surface area contributed by atoms with Gasteiger partial charge in [0.25, 0.3) is 12.3 Å². The quantitative estimate of drug-likeness (QED) is 0.781. The SMILES string of the molecule is CC(C)C[C@@H](O)C(=O)N1CCN(c2cccc(-c3ccccc3C(F)F)c2)CC1. The Morgan fingerprint density at radius 1 is 1.03 bits per heavy atom. The largest absolute Gasteiger partial charge is 0.383 e. The molecule has 0 aromatic heterocycles. The Kier molecular flexibility index (Phi) is 6.85. The molecule has 1 fully saturated rings. The Bertz CT molecular complexity index is 833. The predicted octanol–water partition coefficient (Wildman–Crippen LogP) is 4.35. The van der Waals surface area contributed by atoms with E-state index in [-0.39, 0.29) is 17.4 Å². The van der Waals surface area contributed by atoms with Gasteiger partial charge in [-0.2, -0.15) is 0 Å². The summed E-state index contributed by atoms with van der Waals surface area (Å²) < 4.78 is 26.7. The highest BCUT2D eigenvalue weighted by Gasteiger charge is 2.26. The highest BCUT2D eigenvalue weighted by atomic mass is 19.3. The minimum atomic E-state index is -2.53. The van der Waals surface area contributed by atoms with Crippen molar-refractivity contribution in [3.63, 3.8) is 0 Å². The third-order valence-electron chi connectivity index (χ3n) is 5.29. The van der Waals surface area contributed by atoms with E-state index in [1.807, 2.05) is 38.1 Å². The summed E-state index contributed by atoms with van der Waals surface area (Å²) in [4.78, 5) is 16.3. The Morgan fingerprint density at radius 3 is 2.38 bits per heavy atom. The van der Waals surface area contributed by atoms with E-state index in [9.17, 15) is 18.7 Å². The van der Waals surface area contributed by atoms with Crippen molar-refractivity contribution in [2.75, 3.05) is 31.1 Å². The lowest BCUT2D eigenvalue weighted by Crippen LogP contribution is -2.51. The summed E-state index contributed by atoms with van der Waals surface area (Å²) in [6.45, 7) is 6.30. The lowest BCUT2D eigenvalue weighted by atomic mass is 9.99. The highest BCUT2D eigenvalue weighted by molar-refractivity contribution is 5.81. The molecule has 1 N–H and O–H groups in total. The molecule has 1 amide bonds. The van der Waals surface area contributed by atoms with Crippen LogP contribution in [0.2, 0.25) is 0 Å². The number of carbonyl (C=O) groups is 1. The summed E-state index contributed by atoms with van der Waals surface area (Å²) in [5.41, 5.74) is 2.26. The number of hydrogen-bond acceptors (Lipinski definition) is 3. The summed E-state index contributed by atoms with van der Waals surface area (Å²) in [6, 6.07) is 14.2. The molecule has 1 saturated heterocycles. The molecule has 0 bridgehead atoms. The van der Waals surface area contributed by atoms with E-state index in [1.54, 1.807) is 23.1 Å². The number of nitrogens with zero attached hydrogens (tertiary/aromatic N) is 2. The zero-order valence-corrected chi connectivity index (χ0v) is 16.9. The van der Waals surface area contributed by atoms with Crippen LogP contribution in [0.25, 0.3) is 11.1 Å². The van der Waals surface area contributed by atoms with E-state index >= 15 is 0 Å². The molecule has 156 valence electrons. The van der Waals surface area contributed by atoms with E-state index in [1.165, 1.54) is 6.07 Å². The van der Waals surface area contributed by atoms with Crippen LogP contribution in [0.15, 0.2) is 48.5 Å². The minimum absolute atomic E-state index is 0.0270. The molecular formula is C23H28F2N2O2. The lowest BCUT2D eigenvalue weighted by Gasteiger charge is -2.37. The van der Waals surface area contributed by atoms with Crippen LogP contribution in [0.4, 0.5) is 14.5 Å². The number of carbonyl (C=O) groups excluding carboxylic acids is 1. The molecule has 4 nitrogen and oxygen atoms in total. The number of amides is 1. The van der Waals surface area contributed by atoms with Crippen LogP contribution in [-0.4, -0.2) is 48.2 Å². The van der Waals surface area contributed by atoms with Crippen molar-refractivity contribution in [2.45, 2.75) is 32.8 Å². The summed E-state index contributed by atoms with van der Waals surface area (Å²) in [7, 11) is 0. The third-order valence-corrected chi connectivity index (χ3v) is 5.29. The van der Waals surface area contributed by atoms with Gasteiger partial charge in [-0.3, -0.25) is 4.79 Å². The second kappa shape index (κ2) is 9.35. The van der Waals surface area contributed by atoms with E-state index in [0.29, 0.717) is 38.2 Å². The van der Waals surface area contributed by atoms with Gasteiger partial charge < -0.3 is 14.9 Å². The molecule has 1 heterocycles. The monoisotopic (exact) mass is 402 g/mol. The van der Waals surface area contributed by atoms with Crippen molar-refractivity contribution in [3.05, 3.63) is 54.1 Å². The maximum atomic E-state index is 13.4. The molecule has 29 heavy (non-hydrogen) atoms. The number of aliphatic hydroxyl groups excluding tert-OH is 1. The molecule has 2 aromatic rings. The maximum Gasteiger partial charge on any atom is 0.264 e. The summed E-state index contributed by atoms with van der Waals surface area (Å²) in [5, 5.41) is 10.1. The fourth-order valence-corrected chi connectivity index (χ4v) is 3.76. The highest BCUT2D eigenvalue weighted by Crippen LogP contribution is 2.33. The average molecular weight is 402 g/mol. The van der Waals surface area contributed by atoms with Crippen molar-refractivity contribution in [2.24, 2.45) is 5.92 Å². The fraction of sp³-hybridized carbons (Fsp3) is 0.435. The maximum absolute atomic E-state index is 13.4. The Hall–Kier alpha value is -2.47. The fourth-order valence-electron chi connectivity index (χ4n) is 3.76. The van der Waals surface area contributed by atoms with Gasteiger partial charge in [-0.15, -0.1) is 0 Å². The van der Waals surface area contributed by atoms with Crippen LogP contribution >= 0.6 is 0 Å². The average Bonchev–Trinajstić information content (AvgIpc) is 2.73. The molecule has 3 rings (SSSR count). The van der Waals surface area contributed by atoms with Gasteiger partial charge in [0, 0.05) is 37.4 Å². The minimum Gasteiger partial charge on any atom is -0.383 e. The van der Waals surface area contributed by atoms with Crippen molar-refractivity contribution >= 4 is 11.6 Å². The van der Waals surface area contributed by atoms with Gasteiger partial charge >= 0.3 is 0 Å². The molecule has 2 aromatic carbocycles. The van der Waals surface area contributed by atoms with Crippen LogP contribution in [0, 0.1) is 5.92 Å². The van der Waals surface area contributed by atoms with Gasteiger partial charge in [0.05, 0.1) is 0 Å². The van der Waals surface area contributed by atoms with Gasteiger partial charge in [-0.1, -0.05) is 50.2 Å². The summed E-state index contributed by atoms with van der Waals surface area (Å²) in [5.74, 6) is 0.0482. The van der Waals surface area contributed by atoms with Gasteiger partial charge in [-0.25, -0.2) is 8.78 Å². The van der Waals surface area contributed by atoms with Crippen LogP contribution in [0.1, 0.15) is 32.3 Å². The first-order valence-electron chi connectivity index (χ1n) is 10.1. The second-order valence-electron chi connectivity index (χ2n) is 7.90. The van der Waals surface area contributed by atoms with Gasteiger partial charge in [-0.05, 0) is 35.6 Å². The number of piperazine rings is 1. The molecule has 1 aliphatic heterocycles. The topological polar surface area (TPSA) is 43.8 Å². The number of rotatable bonds is 6. The molecule has 1 atom stereocenters. The van der Waals surface area contributed by atoms with Crippen LogP contribution < -0.4 is 4.90 Å². The van der Waals surface area contributed by atoms with E-state index < -0.39 is 12.5 Å². The first-order chi connectivity index (χ1) is 13.9. The molecule has 0 spiro atoms. The number of anilines is 1. The third kappa shape index (κ3) is 5.12. The number of alkyl halides is 2. The molecule has 0 unspecified atom stereocenters. The molecule has 0 aliphatic carbocycles. The van der Waals surface area contributed by atoms with Gasteiger partial charge in [0.1, 0.15) is 6.10 Å². The number of benzene rings is 2. The Morgan fingerprint density at radius 2 is 1.72 bits per heavy atom. The van der Waals surface area contributed by atoms with Gasteiger partial charge in [0.15, 0.2) is 0 Å². The summed E-state index contributed by atoms with van der Waals surface area (Å²) >= 11 is 0. The molecular weight excluding hydrogens is 374 g/mol. The predicted molar refractivity (Wildman–Crippen MR) is 111 cm³/mol. The molecule has 1 aliphatic rings.